The van der Waals surface area contributed by atoms with Crippen LogP contribution in [-0.2, 0) is 14.4 Å². The Balaban J connectivity index is 1.33. The quantitative estimate of drug-likeness (QED) is 0.173. The molecule has 3 aromatic carbocycles. The van der Waals surface area contributed by atoms with Gasteiger partial charge in [-0.2, -0.15) is 0 Å². The third-order valence-corrected chi connectivity index (χ3v) is 6.05. The minimum absolute atomic E-state index is 0.199. The fraction of sp³-hybridized carbons (Fsp3) is 0.207. The van der Waals surface area contributed by atoms with Crippen molar-refractivity contribution in [3.63, 3.8) is 0 Å². The first-order valence-electron chi connectivity index (χ1n) is 12.1. The maximum atomic E-state index is 12.9. The summed E-state index contributed by atoms with van der Waals surface area (Å²) in [4.78, 5) is 32.3. The molecule has 4 aromatic rings. The maximum Gasteiger partial charge on any atom is 0.342 e. The Kier molecular flexibility index (Phi) is 6.89. The van der Waals surface area contributed by atoms with Gasteiger partial charge in [0.25, 0.3) is 5.91 Å². The van der Waals surface area contributed by atoms with Crippen molar-refractivity contribution >= 4 is 34.2 Å². The topological polar surface area (TPSA) is 90.6 Å². The summed E-state index contributed by atoms with van der Waals surface area (Å²) < 4.78 is 17.4. The number of fused-ring (bicyclic) bond motifs is 2. The first-order valence-corrected chi connectivity index (χ1v) is 12.1. The summed E-state index contributed by atoms with van der Waals surface area (Å²) in [6.07, 6.45) is 0.587. The fourth-order valence-corrected chi connectivity index (χ4v) is 4.44. The Hall–Kier alpha value is -4.59. The van der Waals surface area contributed by atoms with Crippen molar-refractivity contribution in [2.75, 3.05) is 31.8 Å². The summed E-state index contributed by atoms with van der Waals surface area (Å²) in [6.45, 7) is 2.85. The number of hydrogen-bond acceptors (Lipinski definition) is 7. The molecule has 0 spiro atoms. The smallest absolute Gasteiger partial charge is 0.342 e. The second-order valence-electron chi connectivity index (χ2n) is 8.35. The summed E-state index contributed by atoms with van der Waals surface area (Å²) in [6, 6.07) is 22.3. The van der Waals surface area contributed by atoms with Crippen LogP contribution in [0, 0.1) is 0 Å². The predicted octanol–water partition coefficient (Wildman–Crippen LogP) is 5.44. The summed E-state index contributed by atoms with van der Waals surface area (Å²) in [7, 11) is 1.42. The molecule has 0 saturated carbocycles. The molecule has 1 aliphatic heterocycles. The molecule has 0 N–H and O–H groups in total. The van der Waals surface area contributed by atoms with Crippen LogP contribution in [0.1, 0.15) is 29.3 Å². The number of furan rings is 1. The van der Waals surface area contributed by atoms with Crippen molar-refractivity contribution in [1.29, 1.82) is 0 Å². The van der Waals surface area contributed by atoms with Gasteiger partial charge in [0.15, 0.2) is 5.71 Å². The number of ether oxygens (including phenoxy) is 2. The summed E-state index contributed by atoms with van der Waals surface area (Å²) in [5.41, 5.74) is 3.58. The summed E-state index contributed by atoms with van der Waals surface area (Å²) in [5.74, 6) is 0.409. The molecule has 0 radical (unpaired) electrons. The van der Waals surface area contributed by atoms with Crippen LogP contribution in [0.2, 0.25) is 0 Å². The van der Waals surface area contributed by atoms with Gasteiger partial charge in [0.05, 0.1) is 18.9 Å². The number of carbonyl (C=O) groups excluding carboxylic acids is 2. The van der Waals surface area contributed by atoms with Gasteiger partial charge in [0.2, 0.25) is 0 Å². The number of carbonyl (C=O) groups is 2. The van der Waals surface area contributed by atoms with Crippen LogP contribution in [0.5, 0.6) is 5.75 Å². The molecule has 188 valence electrons. The van der Waals surface area contributed by atoms with Gasteiger partial charge in [-0.25, -0.2) is 4.79 Å². The van der Waals surface area contributed by atoms with Gasteiger partial charge in [-0.1, -0.05) is 53.7 Å². The highest BCUT2D eigenvalue weighted by molar-refractivity contribution is 6.54. The van der Waals surface area contributed by atoms with Gasteiger partial charge in [0.1, 0.15) is 29.8 Å². The average molecular weight is 499 g/mol. The zero-order valence-corrected chi connectivity index (χ0v) is 20.6. The van der Waals surface area contributed by atoms with Crippen LogP contribution in [0.15, 0.2) is 82.4 Å². The largest absolute Gasteiger partial charge is 0.494 e. The van der Waals surface area contributed by atoms with E-state index < -0.39 is 5.97 Å². The monoisotopic (exact) mass is 498 g/mol. The lowest BCUT2D eigenvalue weighted by Gasteiger charge is -2.16. The molecule has 8 nitrogen and oxygen atoms in total. The van der Waals surface area contributed by atoms with Gasteiger partial charge in [-0.15, -0.1) is 0 Å². The third-order valence-electron chi connectivity index (χ3n) is 6.05. The molecule has 8 heteroatoms. The molecule has 37 heavy (non-hydrogen) atoms. The van der Waals surface area contributed by atoms with E-state index in [0.29, 0.717) is 53.3 Å². The zero-order chi connectivity index (χ0) is 25.8. The second-order valence-corrected chi connectivity index (χ2v) is 8.35. The van der Waals surface area contributed by atoms with Crippen LogP contribution in [0.4, 0.5) is 5.69 Å². The van der Waals surface area contributed by atoms with Crippen molar-refractivity contribution in [3.05, 3.63) is 83.9 Å². The Bertz CT molecular complexity index is 1470. The highest BCUT2D eigenvalue weighted by Crippen LogP contribution is 2.36. The minimum atomic E-state index is -0.447. The molecular weight excluding hydrogens is 472 g/mol. The standard InChI is InChI=1S/C29H26N2O6/c1-3-35-29(33)25-22-18-20(14-15-24(22)37-27(25)19-10-5-4-6-11-19)36-17-9-16-31-23-13-8-7-12-21(23)26(28(31)32)30-34-2/h4-8,10-15,18H,3,9,16-17H2,1-2H3/b30-26-. The molecule has 1 aliphatic rings. The highest BCUT2D eigenvalue weighted by Gasteiger charge is 2.34. The van der Waals surface area contributed by atoms with E-state index in [-0.39, 0.29) is 12.5 Å². The van der Waals surface area contributed by atoms with Crippen LogP contribution < -0.4 is 9.64 Å². The van der Waals surface area contributed by atoms with E-state index in [1.165, 1.54) is 7.11 Å². The molecule has 0 bridgehead atoms. The lowest BCUT2D eigenvalue weighted by molar-refractivity contribution is -0.112. The average Bonchev–Trinajstić information content (AvgIpc) is 3.43. The first kappa shape index (κ1) is 24.1. The molecule has 1 amide bonds. The van der Waals surface area contributed by atoms with E-state index in [1.807, 2.05) is 54.6 Å². The molecule has 2 heterocycles. The van der Waals surface area contributed by atoms with Crippen LogP contribution in [0.3, 0.4) is 0 Å². The molecule has 0 atom stereocenters. The zero-order valence-electron chi connectivity index (χ0n) is 20.6. The van der Waals surface area contributed by atoms with E-state index in [2.05, 4.69) is 5.16 Å². The molecule has 0 fully saturated rings. The number of hydrogen-bond donors (Lipinski definition) is 0. The number of amides is 1. The van der Waals surface area contributed by atoms with E-state index >= 15 is 0 Å². The van der Waals surface area contributed by atoms with E-state index in [4.69, 9.17) is 18.7 Å². The first-order chi connectivity index (χ1) is 18.1. The van der Waals surface area contributed by atoms with Gasteiger partial charge >= 0.3 is 5.97 Å². The number of para-hydroxylation sites is 1. The molecule has 1 aromatic heterocycles. The second kappa shape index (κ2) is 10.6. The number of nitrogens with zero attached hydrogens (tertiary/aromatic N) is 2. The van der Waals surface area contributed by atoms with Crippen molar-refractivity contribution in [2.45, 2.75) is 13.3 Å². The molecular formula is C29H26N2O6. The number of anilines is 1. The minimum Gasteiger partial charge on any atom is -0.494 e. The lowest BCUT2D eigenvalue weighted by atomic mass is 10.1. The molecule has 0 aliphatic carbocycles. The summed E-state index contributed by atoms with van der Waals surface area (Å²) >= 11 is 0. The van der Waals surface area contributed by atoms with E-state index in [9.17, 15) is 9.59 Å². The number of benzene rings is 3. The van der Waals surface area contributed by atoms with Gasteiger partial charge < -0.3 is 23.6 Å². The number of rotatable bonds is 9. The van der Waals surface area contributed by atoms with E-state index in [0.717, 1.165) is 16.8 Å². The highest BCUT2D eigenvalue weighted by atomic mass is 16.6. The SMILES string of the molecule is CCOC(=O)c1c(-c2ccccc2)oc2ccc(OCCCN3C(=O)/C(=N\OC)c4ccccc43)cc12. The van der Waals surface area contributed by atoms with Crippen LogP contribution in [-0.4, -0.2) is 44.5 Å². The number of oxime groups is 1. The predicted molar refractivity (Wildman–Crippen MR) is 140 cm³/mol. The van der Waals surface area contributed by atoms with Gasteiger partial charge in [-0.3, -0.25) is 4.79 Å². The lowest BCUT2D eigenvalue weighted by Crippen LogP contribution is -2.31. The maximum absolute atomic E-state index is 12.9. The van der Waals surface area contributed by atoms with Crippen molar-refractivity contribution in [2.24, 2.45) is 5.16 Å². The molecule has 0 unspecified atom stereocenters. The summed E-state index contributed by atoms with van der Waals surface area (Å²) in [5, 5.41) is 4.53. The Labute approximate surface area is 214 Å². The van der Waals surface area contributed by atoms with Crippen LogP contribution >= 0.6 is 0 Å². The fourth-order valence-electron chi connectivity index (χ4n) is 4.44. The van der Waals surface area contributed by atoms with E-state index in [1.54, 1.807) is 30.0 Å². The van der Waals surface area contributed by atoms with Gasteiger partial charge in [0, 0.05) is 23.1 Å². The Morgan fingerprint density at radius 3 is 2.59 bits per heavy atom. The molecule has 5 rings (SSSR count). The van der Waals surface area contributed by atoms with Crippen molar-refractivity contribution in [1.82, 2.24) is 0 Å². The third kappa shape index (κ3) is 4.65. The Morgan fingerprint density at radius 1 is 1.03 bits per heavy atom. The van der Waals surface area contributed by atoms with Gasteiger partial charge in [-0.05, 0) is 37.6 Å². The number of esters is 1. The Morgan fingerprint density at radius 2 is 1.81 bits per heavy atom. The molecule has 0 saturated heterocycles. The normalized spacial score (nSPS) is 13.7. The van der Waals surface area contributed by atoms with Crippen molar-refractivity contribution in [3.8, 4) is 17.1 Å². The van der Waals surface area contributed by atoms with Crippen LogP contribution in [0.25, 0.3) is 22.3 Å². The van der Waals surface area contributed by atoms with Crippen molar-refractivity contribution < 1.29 is 28.3 Å².